The Bertz CT molecular complexity index is 1250. The number of halogens is 2. The van der Waals surface area contributed by atoms with Crippen LogP contribution in [-0.2, 0) is 10.0 Å². The molecule has 0 unspecified atom stereocenters. The van der Waals surface area contributed by atoms with E-state index in [9.17, 15) is 22.0 Å². The minimum absolute atomic E-state index is 0.00893. The van der Waals surface area contributed by atoms with Crippen molar-refractivity contribution >= 4 is 27.3 Å². The zero-order valence-corrected chi connectivity index (χ0v) is 16.7. The van der Waals surface area contributed by atoms with E-state index in [1.54, 1.807) is 0 Å². The van der Waals surface area contributed by atoms with E-state index in [0.29, 0.717) is 30.8 Å². The van der Waals surface area contributed by atoms with Crippen LogP contribution in [0.25, 0.3) is 0 Å². The Labute approximate surface area is 176 Å². The Morgan fingerprint density at radius 3 is 2.29 bits per heavy atom. The zero-order chi connectivity index (χ0) is 22.0. The fourth-order valence-corrected chi connectivity index (χ4v) is 3.95. The summed E-state index contributed by atoms with van der Waals surface area (Å²) in [5.74, 6) is -1.48. The molecule has 0 saturated heterocycles. The Morgan fingerprint density at radius 1 is 0.871 bits per heavy atom. The van der Waals surface area contributed by atoms with Crippen LogP contribution < -0.4 is 19.5 Å². The number of hydrogen-bond donors (Lipinski definition) is 2. The van der Waals surface area contributed by atoms with E-state index in [1.165, 1.54) is 42.5 Å². The van der Waals surface area contributed by atoms with Crippen molar-refractivity contribution < 1.29 is 31.5 Å². The van der Waals surface area contributed by atoms with Crippen molar-refractivity contribution in [3.8, 4) is 11.5 Å². The molecule has 31 heavy (non-hydrogen) atoms. The summed E-state index contributed by atoms with van der Waals surface area (Å²) in [6.45, 7) is 0.723. The molecule has 1 aliphatic heterocycles. The molecule has 2 N–H and O–H groups in total. The summed E-state index contributed by atoms with van der Waals surface area (Å²) in [6, 6.07) is 12.6. The highest BCUT2D eigenvalue weighted by Crippen LogP contribution is 2.32. The SMILES string of the molecule is O=C(Nc1ccc(F)cc1F)c1ccc(NS(=O)(=O)c2ccc3c(c2)OCCO3)cc1. The lowest BCUT2D eigenvalue weighted by molar-refractivity contribution is 0.102. The van der Waals surface area contributed by atoms with Crippen molar-refractivity contribution in [3.05, 3.63) is 77.9 Å². The van der Waals surface area contributed by atoms with Gasteiger partial charge in [-0.15, -0.1) is 0 Å². The fourth-order valence-electron chi connectivity index (χ4n) is 2.88. The van der Waals surface area contributed by atoms with Crippen LogP contribution >= 0.6 is 0 Å². The molecule has 0 aliphatic carbocycles. The number of benzene rings is 3. The minimum atomic E-state index is -3.91. The van der Waals surface area contributed by atoms with Gasteiger partial charge in [0, 0.05) is 23.4 Å². The number of rotatable bonds is 5. The van der Waals surface area contributed by atoms with Crippen LogP contribution in [0.15, 0.2) is 65.6 Å². The first-order valence-electron chi connectivity index (χ1n) is 9.11. The second-order valence-electron chi connectivity index (χ2n) is 6.57. The first kappa shape index (κ1) is 20.6. The number of anilines is 2. The van der Waals surface area contributed by atoms with Gasteiger partial charge in [0.1, 0.15) is 24.8 Å². The van der Waals surface area contributed by atoms with Gasteiger partial charge < -0.3 is 14.8 Å². The lowest BCUT2D eigenvalue weighted by atomic mass is 10.2. The molecule has 160 valence electrons. The summed E-state index contributed by atoms with van der Waals surface area (Å²) in [7, 11) is -3.91. The average Bonchev–Trinajstić information content (AvgIpc) is 2.75. The number of fused-ring (bicyclic) bond motifs is 1. The molecule has 1 heterocycles. The summed E-state index contributed by atoms with van der Waals surface area (Å²) in [4.78, 5) is 12.3. The van der Waals surface area contributed by atoms with E-state index in [4.69, 9.17) is 9.47 Å². The van der Waals surface area contributed by atoms with Gasteiger partial charge in [-0.05, 0) is 48.5 Å². The number of amides is 1. The molecule has 1 aliphatic rings. The molecule has 0 saturated carbocycles. The van der Waals surface area contributed by atoms with Gasteiger partial charge in [0.15, 0.2) is 11.5 Å². The quantitative estimate of drug-likeness (QED) is 0.622. The number of hydrogen-bond acceptors (Lipinski definition) is 5. The standard InChI is InChI=1S/C21H16F2N2O5S/c22-14-3-7-18(17(23)11-14)24-21(26)13-1-4-15(5-2-13)25-31(27,28)16-6-8-19-20(12-16)30-10-9-29-19/h1-8,11-12,25H,9-10H2,(H,24,26). The molecular formula is C21H16F2N2O5S. The van der Waals surface area contributed by atoms with Crippen LogP contribution in [-0.4, -0.2) is 27.5 Å². The smallest absolute Gasteiger partial charge is 0.262 e. The molecule has 3 aromatic carbocycles. The number of ether oxygens (including phenoxy) is 2. The van der Waals surface area contributed by atoms with Gasteiger partial charge in [0.05, 0.1) is 10.6 Å². The molecule has 0 atom stereocenters. The van der Waals surface area contributed by atoms with Crippen LogP contribution in [0.4, 0.5) is 20.2 Å². The highest BCUT2D eigenvalue weighted by Gasteiger charge is 2.20. The zero-order valence-electron chi connectivity index (χ0n) is 15.9. The first-order valence-corrected chi connectivity index (χ1v) is 10.6. The minimum Gasteiger partial charge on any atom is -0.486 e. The second kappa shape index (κ2) is 8.23. The van der Waals surface area contributed by atoms with Crippen molar-refractivity contribution in [2.75, 3.05) is 23.3 Å². The predicted molar refractivity (Wildman–Crippen MR) is 109 cm³/mol. The molecule has 3 aromatic rings. The predicted octanol–water partition coefficient (Wildman–Crippen LogP) is 3.79. The summed E-state index contributed by atoms with van der Waals surface area (Å²) in [5, 5.41) is 2.33. The fraction of sp³-hybridized carbons (Fsp3) is 0.0952. The Kier molecular flexibility index (Phi) is 5.47. The monoisotopic (exact) mass is 446 g/mol. The number of carbonyl (C=O) groups excluding carboxylic acids is 1. The third-order valence-corrected chi connectivity index (χ3v) is 5.78. The number of sulfonamides is 1. The highest BCUT2D eigenvalue weighted by molar-refractivity contribution is 7.92. The average molecular weight is 446 g/mol. The Morgan fingerprint density at radius 2 is 1.58 bits per heavy atom. The summed E-state index contributed by atoms with van der Waals surface area (Å²) >= 11 is 0. The van der Waals surface area contributed by atoms with Crippen molar-refractivity contribution in [3.63, 3.8) is 0 Å². The molecule has 0 aromatic heterocycles. The molecule has 1 amide bonds. The van der Waals surface area contributed by atoms with Crippen molar-refractivity contribution in [1.82, 2.24) is 0 Å². The maximum atomic E-state index is 13.7. The van der Waals surface area contributed by atoms with Crippen molar-refractivity contribution in [1.29, 1.82) is 0 Å². The summed E-state index contributed by atoms with van der Waals surface area (Å²) < 4.78 is 65.2. The second-order valence-corrected chi connectivity index (χ2v) is 8.25. The maximum Gasteiger partial charge on any atom is 0.262 e. The van der Waals surface area contributed by atoms with Crippen LogP contribution in [0, 0.1) is 11.6 Å². The van der Waals surface area contributed by atoms with E-state index in [0.717, 1.165) is 12.1 Å². The van der Waals surface area contributed by atoms with Crippen molar-refractivity contribution in [2.45, 2.75) is 4.90 Å². The summed E-state index contributed by atoms with van der Waals surface area (Å²) in [5.41, 5.74) is 0.209. The molecule has 10 heteroatoms. The third kappa shape index (κ3) is 4.58. The van der Waals surface area contributed by atoms with E-state index in [2.05, 4.69) is 10.0 Å². The third-order valence-electron chi connectivity index (χ3n) is 4.40. The van der Waals surface area contributed by atoms with E-state index >= 15 is 0 Å². The van der Waals surface area contributed by atoms with Crippen LogP contribution in [0.2, 0.25) is 0 Å². The lowest BCUT2D eigenvalue weighted by Gasteiger charge is -2.19. The lowest BCUT2D eigenvalue weighted by Crippen LogP contribution is -2.17. The van der Waals surface area contributed by atoms with E-state index in [1.807, 2.05) is 0 Å². The number of nitrogens with one attached hydrogen (secondary N) is 2. The van der Waals surface area contributed by atoms with E-state index < -0.39 is 27.6 Å². The molecule has 0 bridgehead atoms. The van der Waals surface area contributed by atoms with Crippen LogP contribution in [0.1, 0.15) is 10.4 Å². The van der Waals surface area contributed by atoms with E-state index in [-0.39, 0.29) is 21.8 Å². The topological polar surface area (TPSA) is 93.7 Å². The number of carbonyl (C=O) groups is 1. The Hall–Kier alpha value is -3.66. The molecule has 0 radical (unpaired) electrons. The molecule has 7 nitrogen and oxygen atoms in total. The Balaban J connectivity index is 1.47. The van der Waals surface area contributed by atoms with Gasteiger partial charge in [-0.3, -0.25) is 9.52 Å². The van der Waals surface area contributed by atoms with Crippen LogP contribution in [0.3, 0.4) is 0 Å². The maximum absolute atomic E-state index is 13.7. The van der Waals surface area contributed by atoms with Gasteiger partial charge >= 0.3 is 0 Å². The molecular weight excluding hydrogens is 430 g/mol. The van der Waals surface area contributed by atoms with Crippen molar-refractivity contribution in [2.24, 2.45) is 0 Å². The van der Waals surface area contributed by atoms with Gasteiger partial charge in [-0.25, -0.2) is 17.2 Å². The highest BCUT2D eigenvalue weighted by atomic mass is 32.2. The molecule has 4 rings (SSSR count). The first-order chi connectivity index (χ1) is 14.8. The summed E-state index contributed by atoms with van der Waals surface area (Å²) in [6.07, 6.45) is 0. The normalized spacial score (nSPS) is 12.8. The molecule has 0 spiro atoms. The van der Waals surface area contributed by atoms with Gasteiger partial charge in [0.2, 0.25) is 0 Å². The van der Waals surface area contributed by atoms with Gasteiger partial charge in [0.25, 0.3) is 15.9 Å². The van der Waals surface area contributed by atoms with Crippen LogP contribution in [0.5, 0.6) is 11.5 Å². The van der Waals surface area contributed by atoms with Gasteiger partial charge in [-0.1, -0.05) is 0 Å². The molecule has 0 fully saturated rings. The largest absolute Gasteiger partial charge is 0.486 e. The van der Waals surface area contributed by atoms with Gasteiger partial charge in [-0.2, -0.15) is 0 Å².